The Labute approximate surface area is 185 Å². The molecule has 5 N–H and O–H groups in total. The number of aromatic nitrogens is 6. The molecule has 4 heterocycles. The van der Waals surface area contributed by atoms with Crippen LogP contribution in [0.25, 0.3) is 11.0 Å². The Morgan fingerprint density at radius 1 is 1.03 bits per heavy atom. The van der Waals surface area contributed by atoms with Crippen LogP contribution in [0.15, 0.2) is 36.8 Å². The van der Waals surface area contributed by atoms with Crippen molar-refractivity contribution in [3.63, 3.8) is 0 Å². The predicted molar refractivity (Wildman–Crippen MR) is 124 cm³/mol. The fourth-order valence-corrected chi connectivity index (χ4v) is 4.30. The topological polar surface area (TPSA) is 119 Å². The number of aromatic amines is 2. The molecular weight excluding hydrogens is 402 g/mol. The van der Waals surface area contributed by atoms with E-state index in [4.69, 9.17) is 4.98 Å². The first-order valence-corrected chi connectivity index (χ1v) is 11.4. The van der Waals surface area contributed by atoms with E-state index in [1.165, 1.54) is 18.5 Å². The molecule has 1 saturated carbocycles. The average Bonchev–Trinajstić information content (AvgIpc) is 3.37. The van der Waals surface area contributed by atoms with Crippen molar-refractivity contribution in [2.24, 2.45) is 0 Å². The number of hydrogen-bond acceptors (Lipinski definition) is 7. The number of rotatable bonds is 7. The summed E-state index contributed by atoms with van der Waals surface area (Å²) in [6.45, 7) is 2.04. The van der Waals surface area contributed by atoms with Crippen molar-refractivity contribution in [3.05, 3.63) is 53.6 Å². The molecule has 1 aliphatic heterocycles. The van der Waals surface area contributed by atoms with Crippen LogP contribution in [0, 0.1) is 0 Å². The molecule has 0 unspecified atom stereocenters. The molecule has 9 heteroatoms. The summed E-state index contributed by atoms with van der Waals surface area (Å²) in [4.78, 5) is 17.0. The number of imidazole rings is 1. The van der Waals surface area contributed by atoms with Gasteiger partial charge in [-0.1, -0.05) is 6.07 Å². The van der Waals surface area contributed by atoms with Gasteiger partial charge in [-0.2, -0.15) is 10.1 Å². The fraction of sp³-hybridized carbons (Fsp3) is 0.391. The first-order chi connectivity index (χ1) is 15.8. The van der Waals surface area contributed by atoms with Crippen molar-refractivity contribution in [1.29, 1.82) is 0 Å². The van der Waals surface area contributed by atoms with E-state index in [0.717, 1.165) is 59.7 Å². The zero-order valence-corrected chi connectivity index (χ0v) is 17.9. The first kappa shape index (κ1) is 19.2. The van der Waals surface area contributed by atoms with Gasteiger partial charge in [0.05, 0.1) is 17.4 Å². The molecule has 2 fully saturated rings. The Kier molecular flexibility index (Phi) is 4.95. The molecule has 1 aromatic carbocycles. The lowest BCUT2D eigenvalue weighted by atomic mass is 10.1. The average molecular weight is 430 g/mol. The summed E-state index contributed by atoms with van der Waals surface area (Å²) >= 11 is 0. The molecule has 1 aliphatic carbocycles. The summed E-state index contributed by atoms with van der Waals surface area (Å²) in [5, 5.41) is 18.0. The van der Waals surface area contributed by atoms with Crippen LogP contribution in [0.3, 0.4) is 0 Å². The van der Waals surface area contributed by atoms with Crippen LogP contribution < -0.4 is 16.0 Å². The van der Waals surface area contributed by atoms with Crippen LogP contribution >= 0.6 is 0 Å². The van der Waals surface area contributed by atoms with E-state index < -0.39 is 0 Å². The molecule has 9 nitrogen and oxygen atoms in total. The number of nitrogens with one attached hydrogen (secondary N) is 5. The van der Waals surface area contributed by atoms with E-state index in [2.05, 4.69) is 65.4 Å². The third-order valence-corrected chi connectivity index (χ3v) is 6.28. The lowest BCUT2D eigenvalue weighted by Gasteiger charge is -2.24. The number of nitrogens with zero attached hydrogens (tertiary/aromatic N) is 4. The molecule has 0 bridgehead atoms. The Morgan fingerprint density at radius 3 is 2.81 bits per heavy atom. The van der Waals surface area contributed by atoms with Crippen molar-refractivity contribution >= 4 is 28.6 Å². The van der Waals surface area contributed by atoms with Crippen molar-refractivity contribution in [2.75, 3.05) is 23.7 Å². The Morgan fingerprint density at radius 2 is 1.94 bits per heavy atom. The van der Waals surface area contributed by atoms with E-state index in [9.17, 15) is 0 Å². The zero-order valence-electron chi connectivity index (χ0n) is 17.9. The van der Waals surface area contributed by atoms with Crippen LogP contribution in [0.4, 0.5) is 17.6 Å². The van der Waals surface area contributed by atoms with Gasteiger partial charge in [0.15, 0.2) is 5.82 Å². The number of fused-ring (bicyclic) bond motifs is 1. The van der Waals surface area contributed by atoms with Gasteiger partial charge >= 0.3 is 0 Å². The number of hydrogen-bond donors (Lipinski definition) is 5. The highest BCUT2D eigenvalue weighted by molar-refractivity contribution is 5.75. The highest BCUT2D eigenvalue weighted by Gasteiger charge is 2.25. The van der Waals surface area contributed by atoms with E-state index in [1.807, 2.05) is 6.20 Å². The van der Waals surface area contributed by atoms with E-state index >= 15 is 0 Å². The molecular formula is C23H27N9. The molecule has 164 valence electrons. The number of benzene rings is 1. The monoisotopic (exact) mass is 429 g/mol. The molecule has 3 aromatic heterocycles. The second-order valence-electron chi connectivity index (χ2n) is 8.77. The minimum Gasteiger partial charge on any atom is -0.351 e. The fourth-order valence-electron chi connectivity index (χ4n) is 4.30. The summed E-state index contributed by atoms with van der Waals surface area (Å²) in [5.41, 5.74) is 5.38. The largest absolute Gasteiger partial charge is 0.351 e. The molecule has 0 amide bonds. The molecule has 4 aromatic rings. The van der Waals surface area contributed by atoms with Gasteiger partial charge in [0, 0.05) is 41.9 Å². The maximum absolute atomic E-state index is 4.85. The van der Waals surface area contributed by atoms with Crippen molar-refractivity contribution < 1.29 is 0 Å². The number of anilines is 3. The molecule has 1 saturated heterocycles. The lowest BCUT2D eigenvalue weighted by molar-refractivity contribution is 0.477. The number of H-pyrrole nitrogens is 2. The van der Waals surface area contributed by atoms with Gasteiger partial charge in [-0.3, -0.25) is 5.10 Å². The van der Waals surface area contributed by atoms with Crippen molar-refractivity contribution in [1.82, 2.24) is 35.5 Å². The summed E-state index contributed by atoms with van der Waals surface area (Å²) in [5.74, 6) is 2.86. The van der Waals surface area contributed by atoms with Crippen LogP contribution in [-0.4, -0.2) is 49.3 Å². The second-order valence-corrected chi connectivity index (χ2v) is 8.77. The Hall–Kier alpha value is -3.46. The van der Waals surface area contributed by atoms with Crippen molar-refractivity contribution in [3.8, 4) is 0 Å². The Bertz CT molecular complexity index is 1220. The summed E-state index contributed by atoms with van der Waals surface area (Å²) in [6, 6.07) is 8.78. The van der Waals surface area contributed by atoms with Gasteiger partial charge < -0.3 is 20.9 Å². The summed E-state index contributed by atoms with van der Waals surface area (Å²) in [7, 11) is 0. The van der Waals surface area contributed by atoms with Crippen LogP contribution in [0.2, 0.25) is 0 Å². The summed E-state index contributed by atoms with van der Waals surface area (Å²) < 4.78 is 0. The van der Waals surface area contributed by atoms with Gasteiger partial charge in [0.25, 0.3) is 0 Å². The van der Waals surface area contributed by atoms with E-state index in [0.29, 0.717) is 24.3 Å². The third-order valence-electron chi connectivity index (χ3n) is 6.28. The van der Waals surface area contributed by atoms with Gasteiger partial charge in [-0.25, -0.2) is 9.97 Å². The van der Waals surface area contributed by atoms with Gasteiger partial charge in [-0.05, 0) is 56.5 Å². The Balaban J connectivity index is 1.28. The quantitative estimate of drug-likeness (QED) is 0.305. The lowest BCUT2D eigenvalue weighted by Crippen LogP contribution is -2.35. The minimum absolute atomic E-state index is 0.392. The molecule has 2 aliphatic rings. The number of piperidine rings is 1. The van der Waals surface area contributed by atoms with Crippen LogP contribution in [-0.2, 0) is 6.42 Å². The van der Waals surface area contributed by atoms with Gasteiger partial charge in [0.2, 0.25) is 5.95 Å². The van der Waals surface area contributed by atoms with Crippen molar-refractivity contribution in [2.45, 2.75) is 44.1 Å². The van der Waals surface area contributed by atoms with Crippen LogP contribution in [0.5, 0.6) is 0 Å². The first-order valence-electron chi connectivity index (χ1n) is 11.4. The van der Waals surface area contributed by atoms with Gasteiger partial charge in [0.1, 0.15) is 5.82 Å². The smallest absolute Gasteiger partial charge is 0.224 e. The highest BCUT2D eigenvalue weighted by Crippen LogP contribution is 2.39. The SMILES string of the molecule is c1nc2cc(Cc3cnc(NC4CCNCC4)nc3Nc3cc(C4CC4)[nH]n3)ccc2[nH]1. The van der Waals surface area contributed by atoms with E-state index in [-0.39, 0.29) is 0 Å². The summed E-state index contributed by atoms with van der Waals surface area (Å²) in [6.07, 6.45) is 8.96. The predicted octanol–water partition coefficient (Wildman–Crippen LogP) is 3.45. The van der Waals surface area contributed by atoms with Crippen LogP contribution in [0.1, 0.15) is 48.4 Å². The standard InChI is InChI=1S/C23H27N9/c1-4-18-20(27-13-26-18)10-14(1)9-16-12-25-23(28-17-5-7-24-8-6-17)30-22(16)29-21-11-19(31-32-21)15-2-3-15/h1,4,10-13,15,17,24H,2-3,5-9H2,(H,26,27)(H3,25,28,29,30,31,32). The van der Waals surface area contributed by atoms with Gasteiger partial charge in [-0.15, -0.1) is 0 Å². The normalized spacial score (nSPS) is 17.0. The second kappa shape index (κ2) is 8.23. The molecule has 32 heavy (non-hydrogen) atoms. The van der Waals surface area contributed by atoms with E-state index in [1.54, 1.807) is 6.33 Å². The minimum atomic E-state index is 0.392. The zero-order chi connectivity index (χ0) is 21.3. The molecule has 0 spiro atoms. The maximum Gasteiger partial charge on any atom is 0.224 e. The molecule has 0 atom stereocenters. The maximum atomic E-state index is 4.85. The molecule has 0 radical (unpaired) electrons. The highest BCUT2D eigenvalue weighted by atomic mass is 15.2. The third kappa shape index (κ3) is 4.16. The molecule has 6 rings (SSSR count).